The number of rotatable bonds is 5. The van der Waals surface area contributed by atoms with E-state index in [2.05, 4.69) is 20.8 Å². The molecule has 0 fully saturated rings. The Balaban J connectivity index is 2.54. The van der Waals surface area contributed by atoms with Gasteiger partial charge in [-0.3, -0.25) is 4.79 Å². The van der Waals surface area contributed by atoms with E-state index in [1.54, 1.807) is 0 Å². The number of benzene rings is 1. The normalized spacial score (nSPS) is 12.2. The fourth-order valence-corrected chi connectivity index (χ4v) is 1.90. The summed E-state index contributed by atoms with van der Waals surface area (Å²) in [5, 5.41) is 8.68. The minimum atomic E-state index is -0.739. The monoisotopic (exact) mass is 285 g/mol. The van der Waals surface area contributed by atoms with Gasteiger partial charge in [0.2, 0.25) is 0 Å². The Morgan fingerprint density at radius 3 is 2.50 bits per heavy atom. The lowest BCUT2D eigenvalue weighted by Crippen LogP contribution is -2.25. The zero-order valence-corrected chi connectivity index (χ0v) is 11.1. The van der Waals surface area contributed by atoms with Crippen LogP contribution in [0.3, 0.4) is 0 Å². The third-order valence-electron chi connectivity index (χ3n) is 2.38. The fraction of sp³-hybridized carbons (Fsp3) is 0.417. The number of hydrogen-bond donors (Lipinski definition) is 1. The van der Waals surface area contributed by atoms with Gasteiger partial charge in [0.25, 0.3) is 0 Å². The Kier molecular flexibility index (Phi) is 4.80. The van der Waals surface area contributed by atoms with Crippen LogP contribution in [0.4, 0.5) is 5.69 Å². The molecule has 88 valence electrons. The van der Waals surface area contributed by atoms with Gasteiger partial charge in [-0.05, 0) is 30.2 Å². The highest BCUT2D eigenvalue weighted by Gasteiger charge is 2.10. The second kappa shape index (κ2) is 5.89. The lowest BCUT2D eigenvalue weighted by Gasteiger charge is -2.22. The molecule has 1 unspecified atom stereocenters. The predicted molar refractivity (Wildman–Crippen MR) is 68.8 cm³/mol. The molecule has 0 amide bonds. The van der Waals surface area contributed by atoms with Crippen molar-refractivity contribution in [3.63, 3.8) is 0 Å². The summed E-state index contributed by atoms with van der Waals surface area (Å²) in [5.41, 5.74) is 1.10. The largest absolute Gasteiger partial charge is 0.481 e. The summed E-state index contributed by atoms with van der Waals surface area (Å²) < 4.78 is 1.04. The molecule has 0 aliphatic rings. The molecule has 0 heterocycles. The third-order valence-corrected chi connectivity index (χ3v) is 2.90. The van der Waals surface area contributed by atoms with Crippen molar-refractivity contribution in [3.8, 4) is 0 Å². The molecular weight excluding hydrogens is 270 g/mol. The van der Waals surface area contributed by atoms with Gasteiger partial charge in [0.1, 0.15) is 0 Å². The molecule has 0 aliphatic carbocycles. The number of halogens is 1. The van der Waals surface area contributed by atoms with E-state index in [0.29, 0.717) is 0 Å². The number of hydrogen-bond acceptors (Lipinski definition) is 2. The molecule has 1 aromatic carbocycles. The molecule has 0 aromatic heterocycles. The smallest absolute Gasteiger partial charge is 0.303 e. The standard InChI is InChI=1S/C12H16BrNO2/c1-9(7-12(15)16)8-14(2)11-5-3-10(13)4-6-11/h3-6,9H,7-8H2,1-2H3,(H,15,16). The van der Waals surface area contributed by atoms with Crippen LogP contribution in [0.15, 0.2) is 28.7 Å². The van der Waals surface area contributed by atoms with Crippen molar-refractivity contribution in [2.45, 2.75) is 13.3 Å². The highest BCUT2D eigenvalue weighted by atomic mass is 79.9. The summed E-state index contributed by atoms with van der Waals surface area (Å²) in [4.78, 5) is 12.6. The predicted octanol–water partition coefficient (Wildman–Crippen LogP) is 3.00. The molecule has 0 radical (unpaired) electrons. The van der Waals surface area contributed by atoms with Crippen LogP contribution >= 0.6 is 15.9 Å². The van der Waals surface area contributed by atoms with Crippen LogP contribution in [0.2, 0.25) is 0 Å². The number of anilines is 1. The van der Waals surface area contributed by atoms with Crippen molar-refractivity contribution >= 4 is 27.6 Å². The van der Waals surface area contributed by atoms with Crippen LogP contribution in [-0.4, -0.2) is 24.7 Å². The highest BCUT2D eigenvalue weighted by Crippen LogP contribution is 2.18. The summed E-state index contributed by atoms with van der Waals surface area (Å²) in [6, 6.07) is 7.98. The highest BCUT2D eigenvalue weighted by molar-refractivity contribution is 9.10. The van der Waals surface area contributed by atoms with Gasteiger partial charge in [0.05, 0.1) is 0 Å². The molecule has 1 N–H and O–H groups in total. The first-order valence-corrected chi connectivity index (χ1v) is 5.97. The van der Waals surface area contributed by atoms with Crippen LogP contribution in [0.1, 0.15) is 13.3 Å². The summed E-state index contributed by atoms with van der Waals surface area (Å²) >= 11 is 3.38. The minimum Gasteiger partial charge on any atom is -0.481 e. The Labute approximate surface area is 104 Å². The number of aliphatic carboxylic acids is 1. The Hall–Kier alpha value is -1.03. The summed E-state index contributed by atoms with van der Waals surface area (Å²) in [7, 11) is 1.97. The Bertz CT molecular complexity index is 351. The van der Waals surface area contributed by atoms with Crippen LogP contribution in [0.25, 0.3) is 0 Å². The molecule has 0 saturated heterocycles. The first-order chi connectivity index (χ1) is 7.49. The molecule has 1 rings (SSSR count). The van der Waals surface area contributed by atoms with E-state index >= 15 is 0 Å². The maximum Gasteiger partial charge on any atom is 0.303 e. The van der Waals surface area contributed by atoms with Crippen molar-refractivity contribution in [2.24, 2.45) is 5.92 Å². The molecule has 1 aromatic rings. The summed E-state index contributed by atoms with van der Waals surface area (Å²) in [6.07, 6.45) is 0.209. The van der Waals surface area contributed by atoms with Crippen molar-refractivity contribution in [1.82, 2.24) is 0 Å². The molecule has 1 atom stereocenters. The van der Waals surface area contributed by atoms with Crippen molar-refractivity contribution in [2.75, 3.05) is 18.5 Å². The number of carboxylic acid groups (broad SMARTS) is 1. The van der Waals surface area contributed by atoms with E-state index in [1.165, 1.54) is 0 Å². The van der Waals surface area contributed by atoms with Gasteiger partial charge in [-0.25, -0.2) is 0 Å². The molecule has 0 spiro atoms. The van der Waals surface area contributed by atoms with Gasteiger partial charge in [-0.15, -0.1) is 0 Å². The van der Waals surface area contributed by atoms with E-state index < -0.39 is 5.97 Å². The topological polar surface area (TPSA) is 40.5 Å². The number of carboxylic acids is 1. The maximum atomic E-state index is 10.5. The van der Waals surface area contributed by atoms with Gasteiger partial charge in [-0.2, -0.15) is 0 Å². The van der Waals surface area contributed by atoms with Gasteiger partial charge in [-0.1, -0.05) is 22.9 Å². The average molecular weight is 286 g/mol. The van der Waals surface area contributed by atoms with E-state index in [0.717, 1.165) is 16.7 Å². The van der Waals surface area contributed by atoms with Crippen LogP contribution in [0.5, 0.6) is 0 Å². The fourth-order valence-electron chi connectivity index (χ4n) is 1.63. The van der Waals surface area contributed by atoms with E-state index in [-0.39, 0.29) is 12.3 Å². The molecule has 0 saturated carbocycles. The van der Waals surface area contributed by atoms with Crippen LogP contribution < -0.4 is 4.90 Å². The molecule has 3 nitrogen and oxygen atoms in total. The van der Waals surface area contributed by atoms with E-state index in [1.807, 2.05) is 38.2 Å². The van der Waals surface area contributed by atoms with Crippen molar-refractivity contribution in [3.05, 3.63) is 28.7 Å². The lowest BCUT2D eigenvalue weighted by molar-refractivity contribution is -0.137. The zero-order valence-electron chi connectivity index (χ0n) is 9.48. The molecular formula is C12H16BrNO2. The van der Waals surface area contributed by atoms with Gasteiger partial charge in [0.15, 0.2) is 0 Å². The Morgan fingerprint density at radius 1 is 1.44 bits per heavy atom. The third kappa shape index (κ3) is 4.23. The first-order valence-electron chi connectivity index (χ1n) is 5.17. The van der Waals surface area contributed by atoms with E-state index in [4.69, 9.17) is 5.11 Å². The second-order valence-electron chi connectivity index (χ2n) is 4.06. The van der Waals surface area contributed by atoms with Gasteiger partial charge in [0, 0.05) is 30.2 Å². The minimum absolute atomic E-state index is 0.145. The molecule has 16 heavy (non-hydrogen) atoms. The number of nitrogens with zero attached hydrogens (tertiary/aromatic N) is 1. The number of carbonyl (C=O) groups is 1. The van der Waals surface area contributed by atoms with Crippen LogP contribution in [-0.2, 0) is 4.79 Å². The summed E-state index contributed by atoms with van der Waals surface area (Å²) in [6.45, 7) is 2.69. The summed E-state index contributed by atoms with van der Waals surface area (Å²) in [5.74, 6) is -0.595. The van der Waals surface area contributed by atoms with Gasteiger partial charge >= 0.3 is 5.97 Å². The SMILES string of the molecule is CC(CC(=O)O)CN(C)c1ccc(Br)cc1. The Morgan fingerprint density at radius 2 is 2.00 bits per heavy atom. The van der Waals surface area contributed by atoms with E-state index in [9.17, 15) is 4.79 Å². The average Bonchev–Trinajstić information content (AvgIpc) is 2.16. The first kappa shape index (κ1) is 13.0. The maximum absolute atomic E-state index is 10.5. The molecule has 4 heteroatoms. The zero-order chi connectivity index (χ0) is 12.1. The van der Waals surface area contributed by atoms with Crippen molar-refractivity contribution < 1.29 is 9.90 Å². The van der Waals surface area contributed by atoms with Gasteiger partial charge < -0.3 is 10.0 Å². The quantitative estimate of drug-likeness (QED) is 0.904. The van der Waals surface area contributed by atoms with Crippen molar-refractivity contribution in [1.29, 1.82) is 0 Å². The lowest BCUT2D eigenvalue weighted by atomic mass is 10.1. The molecule has 0 bridgehead atoms. The molecule has 0 aliphatic heterocycles. The van der Waals surface area contributed by atoms with Crippen LogP contribution in [0, 0.1) is 5.92 Å². The second-order valence-corrected chi connectivity index (χ2v) is 4.98.